The molecule has 0 aromatic carbocycles. The molecule has 0 aromatic heterocycles. The molecule has 84 valence electrons. The quantitative estimate of drug-likeness (QED) is 0.708. The van der Waals surface area contributed by atoms with Crippen molar-refractivity contribution in [3.05, 3.63) is 0 Å². The highest BCUT2D eigenvalue weighted by molar-refractivity contribution is 5.74. The fourth-order valence-electron chi connectivity index (χ4n) is 0.757. The highest BCUT2D eigenvalue weighted by atomic mass is 19.4. The Morgan fingerprint density at radius 1 is 1.29 bits per heavy atom. The van der Waals surface area contributed by atoms with Crippen molar-refractivity contribution in [2.75, 3.05) is 13.6 Å². The van der Waals surface area contributed by atoms with Crippen molar-refractivity contribution in [2.24, 2.45) is 0 Å². The maximum atomic E-state index is 11.9. The van der Waals surface area contributed by atoms with Gasteiger partial charge in [-0.3, -0.25) is 0 Å². The molecule has 0 fully saturated rings. The number of alkyl halides is 3. The van der Waals surface area contributed by atoms with Gasteiger partial charge in [-0.15, -0.1) is 0 Å². The first-order chi connectivity index (χ1) is 6.01. The first-order valence-electron chi connectivity index (χ1n) is 4.11. The number of nitrogens with zero attached hydrogens (tertiary/aromatic N) is 1. The molecule has 0 aromatic rings. The van der Waals surface area contributed by atoms with Crippen LogP contribution in [0.25, 0.3) is 0 Å². The van der Waals surface area contributed by atoms with E-state index in [4.69, 9.17) is 0 Å². The number of hydrogen-bond acceptors (Lipinski definition) is 1. The molecule has 3 nitrogen and oxygen atoms in total. The lowest BCUT2D eigenvalue weighted by atomic mass is 10.1. The van der Waals surface area contributed by atoms with Crippen LogP contribution in [0.2, 0.25) is 0 Å². The van der Waals surface area contributed by atoms with Crippen LogP contribution in [0.15, 0.2) is 0 Å². The fourth-order valence-corrected chi connectivity index (χ4v) is 0.757. The van der Waals surface area contributed by atoms with Gasteiger partial charge in [0.25, 0.3) is 0 Å². The summed E-state index contributed by atoms with van der Waals surface area (Å²) in [6.07, 6.45) is -4.36. The highest BCUT2D eigenvalue weighted by Crippen LogP contribution is 2.15. The predicted molar refractivity (Wildman–Crippen MR) is 47.0 cm³/mol. The molecule has 2 amide bonds. The van der Waals surface area contributed by atoms with E-state index in [9.17, 15) is 18.0 Å². The zero-order chi connectivity index (χ0) is 11.6. The number of urea groups is 1. The standard InChI is InChI=1S/C8H15F3N2O/c1-7(2,3)12-6(14)13(4)5-8(9,10)11/h5H2,1-4H3,(H,12,14). The van der Waals surface area contributed by atoms with Gasteiger partial charge in [0.1, 0.15) is 6.54 Å². The summed E-state index contributed by atoms with van der Waals surface area (Å²) in [6.45, 7) is 3.86. The molecular weight excluding hydrogens is 197 g/mol. The Hall–Kier alpha value is -0.940. The van der Waals surface area contributed by atoms with Crippen LogP contribution in [0.3, 0.4) is 0 Å². The fraction of sp³-hybridized carbons (Fsp3) is 0.875. The normalized spacial score (nSPS) is 12.5. The number of carbonyl (C=O) groups is 1. The molecule has 0 aliphatic heterocycles. The van der Waals surface area contributed by atoms with E-state index < -0.39 is 24.3 Å². The van der Waals surface area contributed by atoms with Crippen molar-refractivity contribution >= 4 is 6.03 Å². The van der Waals surface area contributed by atoms with Gasteiger partial charge >= 0.3 is 12.2 Å². The molecule has 0 atom stereocenters. The van der Waals surface area contributed by atoms with Gasteiger partial charge in [0.05, 0.1) is 0 Å². The topological polar surface area (TPSA) is 32.3 Å². The molecular formula is C8H15F3N2O. The van der Waals surface area contributed by atoms with E-state index in [1.54, 1.807) is 20.8 Å². The Bertz CT molecular complexity index is 208. The first kappa shape index (κ1) is 13.1. The largest absolute Gasteiger partial charge is 0.406 e. The summed E-state index contributed by atoms with van der Waals surface area (Å²) in [5.74, 6) is 0. The van der Waals surface area contributed by atoms with Crippen molar-refractivity contribution in [3.8, 4) is 0 Å². The van der Waals surface area contributed by atoms with Crippen molar-refractivity contribution in [1.29, 1.82) is 0 Å². The van der Waals surface area contributed by atoms with E-state index in [1.807, 2.05) is 0 Å². The number of hydrogen-bond donors (Lipinski definition) is 1. The molecule has 0 aliphatic carbocycles. The van der Waals surface area contributed by atoms with Gasteiger partial charge in [0.15, 0.2) is 0 Å². The molecule has 0 radical (unpaired) electrons. The summed E-state index contributed by atoms with van der Waals surface area (Å²) in [5, 5.41) is 2.43. The van der Waals surface area contributed by atoms with Crippen LogP contribution in [-0.2, 0) is 0 Å². The summed E-state index contributed by atoms with van der Waals surface area (Å²) in [6, 6.07) is -0.727. The van der Waals surface area contributed by atoms with Crippen molar-refractivity contribution in [3.63, 3.8) is 0 Å². The Balaban J connectivity index is 4.15. The summed E-state index contributed by atoms with van der Waals surface area (Å²) >= 11 is 0. The number of rotatable bonds is 1. The van der Waals surface area contributed by atoms with E-state index in [-0.39, 0.29) is 0 Å². The van der Waals surface area contributed by atoms with Crippen LogP contribution < -0.4 is 5.32 Å². The smallest absolute Gasteiger partial charge is 0.333 e. The third kappa shape index (κ3) is 6.56. The second kappa shape index (κ2) is 4.06. The minimum Gasteiger partial charge on any atom is -0.333 e. The van der Waals surface area contributed by atoms with Gasteiger partial charge in [-0.05, 0) is 20.8 Å². The Labute approximate surface area is 81.3 Å². The molecule has 0 spiro atoms. The molecule has 0 unspecified atom stereocenters. The predicted octanol–water partition coefficient (Wildman–Crippen LogP) is 1.99. The van der Waals surface area contributed by atoms with Crippen molar-refractivity contribution in [1.82, 2.24) is 10.2 Å². The number of halogens is 3. The Morgan fingerprint density at radius 3 is 2.00 bits per heavy atom. The molecule has 0 bridgehead atoms. The van der Waals surface area contributed by atoms with E-state index >= 15 is 0 Å². The lowest BCUT2D eigenvalue weighted by Crippen LogP contribution is -2.49. The average Bonchev–Trinajstić information content (AvgIpc) is 1.78. The first-order valence-corrected chi connectivity index (χ1v) is 4.11. The van der Waals surface area contributed by atoms with Crippen molar-refractivity contribution < 1.29 is 18.0 Å². The molecule has 0 heterocycles. The maximum Gasteiger partial charge on any atom is 0.406 e. The van der Waals surface area contributed by atoms with Crippen LogP contribution >= 0.6 is 0 Å². The average molecular weight is 212 g/mol. The van der Waals surface area contributed by atoms with Crippen molar-refractivity contribution in [2.45, 2.75) is 32.5 Å². The van der Waals surface area contributed by atoms with Gasteiger partial charge in [-0.2, -0.15) is 13.2 Å². The zero-order valence-electron chi connectivity index (χ0n) is 8.70. The van der Waals surface area contributed by atoms with Gasteiger partial charge < -0.3 is 10.2 Å². The second-order valence-electron chi connectivity index (χ2n) is 4.15. The Morgan fingerprint density at radius 2 is 1.71 bits per heavy atom. The van der Waals surface area contributed by atoms with Crippen LogP contribution in [0.5, 0.6) is 0 Å². The third-order valence-electron chi connectivity index (χ3n) is 1.25. The molecule has 1 N–H and O–H groups in total. The summed E-state index contributed by atoms with van der Waals surface area (Å²) in [7, 11) is 1.11. The molecule has 0 saturated heterocycles. The van der Waals surface area contributed by atoms with Gasteiger partial charge in [-0.25, -0.2) is 4.79 Å². The highest BCUT2D eigenvalue weighted by Gasteiger charge is 2.31. The van der Waals surface area contributed by atoms with E-state index in [1.165, 1.54) is 0 Å². The van der Waals surface area contributed by atoms with Gasteiger partial charge in [0, 0.05) is 12.6 Å². The lowest BCUT2D eigenvalue weighted by Gasteiger charge is -2.26. The molecule has 0 aliphatic rings. The van der Waals surface area contributed by atoms with Crippen LogP contribution in [0.4, 0.5) is 18.0 Å². The van der Waals surface area contributed by atoms with Crippen LogP contribution in [0.1, 0.15) is 20.8 Å². The lowest BCUT2D eigenvalue weighted by molar-refractivity contribution is -0.137. The SMILES string of the molecule is CN(CC(F)(F)F)C(=O)NC(C)(C)C. The van der Waals surface area contributed by atoms with E-state index in [2.05, 4.69) is 5.32 Å². The van der Waals surface area contributed by atoms with E-state index in [0.717, 1.165) is 7.05 Å². The van der Waals surface area contributed by atoms with E-state index in [0.29, 0.717) is 4.90 Å². The maximum absolute atomic E-state index is 11.9. The second-order valence-corrected chi connectivity index (χ2v) is 4.15. The van der Waals surface area contributed by atoms with Gasteiger partial charge in [0.2, 0.25) is 0 Å². The van der Waals surface area contributed by atoms with Crippen LogP contribution in [-0.4, -0.2) is 36.2 Å². The third-order valence-corrected chi connectivity index (χ3v) is 1.25. The Kier molecular flexibility index (Phi) is 3.79. The number of nitrogens with one attached hydrogen (secondary N) is 1. The molecule has 14 heavy (non-hydrogen) atoms. The minimum atomic E-state index is -4.36. The zero-order valence-corrected chi connectivity index (χ0v) is 8.70. The number of carbonyl (C=O) groups excluding carboxylic acids is 1. The summed E-state index contributed by atoms with van der Waals surface area (Å²) in [5.41, 5.74) is -0.531. The molecule has 6 heteroatoms. The monoisotopic (exact) mass is 212 g/mol. The summed E-state index contributed by atoms with van der Waals surface area (Å²) < 4.78 is 35.6. The number of amides is 2. The molecule has 0 saturated carbocycles. The molecule has 0 rings (SSSR count). The van der Waals surface area contributed by atoms with Gasteiger partial charge in [-0.1, -0.05) is 0 Å². The minimum absolute atomic E-state index is 0.531. The van der Waals surface area contributed by atoms with Crippen LogP contribution in [0, 0.1) is 0 Å². The summed E-state index contributed by atoms with van der Waals surface area (Å²) in [4.78, 5) is 11.8.